The third-order valence-electron chi connectivity index (χ3n) is 8.05. The monoisotopic (exact) mass is 560 g/mol. The van der Waals surface area contributed by atoms with Gasteiger partial charge in [0.15, 0.2) is 11.6 Å². The maximum Gasteiger partial charge on any atom is 0.222 e. The Morgan fingerprint density at radius 3 is 2.68 bits per heavy atom. The van der Waals surface area contributed by atoms with Gasteiger partial charge in [0.1, 0.15) is 28.6 Å². The molecule has 11 heteroatoms. The van der Waals surface area contributed by atoms with Gasteiger partial charge in [-0.05, 0) is 42.7 Å². The largest absolute Gasteiger partial charge is 0.496 e. The molecule has 41 heavy (non-hydrogen) atoms. The zero-order chi connectivity index (χ0) is 28.8. The molecule has 0 N–H and O–H groups in total. The van der Waals surface area contributed by atoms with Crippen LogP contribution in [0.2, 0.25) is 0 Å². The summed E-state index contributed by atoms with van der Waals surface area (Å²) >= 11 is 0. The molecule has 4 heterocycles. The summed E-state index contributed by atoms with van der Waals surface area (Å²) in [6, 6.07) is 7.37. The van der Waals surface area contributed by atoms with Gasteiger partial charge in [0.2, 0.25) is 5.91 Å². The lowest BCUT2D eigenvalue weighted by Crippen LogP contribution is -2.49. The average molecular weight is 561 g/mol. The number of ether oxygens (including phenoxy) is 1. The summed E-state index contributed by atoms with van der Waals surface area (Å²) in [4.78, 5) is 38.9. The number of Topliss-reactive ketones (excluding diaryl/α,β-unsaturated/α-hetero) is 1. The average Bonchev–Trinajstić information content (AvgIpc) is 3.68. The van der Waals surface area contributed by atoms with Crippen LogP contribution in [0.4, 0.5) is 14.5 Å². The van der Waals surface area contributed by atoms with Crippen LogP contribution >= 0.6 is 0 Å². The minimum atomic E-state index is -0.573. The molecule has 2 aliphatic rings. The molecule has 0 saturated carbocycles. The van der Waals surface area contributed by atoms with E-state index in [9.17, 15) is 14.0 Å². The van der Waals surface area contributed by atoms with Crippen LogP contribution in [0.1, 0.15) is 42.2 Å². The van der Waals surface area contributed by atoms with Crippen molar-refractivity contribution in [2.24, 2.45) is 7.05 Å². The van der Waals surface area contributed by atoms with Gasteiger partial charge in [0.05, 0.1) is 30.6 Å². The highest BCUT2D eigenvalue weighted by Gasteiger charge is 2.46. The molecule has 0 unspecified atom stereocenters. The van der Waals surface area contributed by atoms with Crippen LogP contribution in [0.3, 0.4) is 0 Å². The third-order valence-corrected chi connectivity index (χ3v) is 8.05. The second kappa shape index (κ2) is 10.5. The quantitative estimate of drug-likeness (QED) is 0.296. The van der Waals surface area contributed by atoms with Crippen LogP contribution in [0.25, 0.3) is 22.3 Å². The minimum Gasteiger partial charge on any atom is -0.496 e. The molecular weight excluding hydrogens is 530 g/mol. The maximum atomic E-state index is 15.4. The van der Waals surface area contributed by atoms with Crippen LogP contribution in [-0.4, -0.2) is 68.6 Å². The van der Waals surface area contributed by atoms with Gasteiger partial charge in [0.25, 0.3) is 0 Å². The fourth-order valence-electron chi connectivity index (χ4n) is 6.22. The first kappa shape index (κ1) is 26.8. The normalized spacial score (nSPS) is 18.0. The van der Waals surface area contributed by atoms with E-state index >= 15 is 4.39 Å². The zero-order valence-corrected chi connectivity index (χ0v) is 23.1. The van der Waals surface area contributed by atoms with E-state index in [1.165, 1.54) is 42.3 Å². The lowest BCUT2D eigenvalue weighted by atomic mass is 10.00. The number of methoxy groups -OCH3 is 1. The van der Waals surface area contributed by atoms with E-state index in [0.717, 1.165) is 18.5 Å². The van der Waals surface area contributed by atoms with Crippen LogP contribution in [0, 0.1) is 11.6 Å². The van der Waals surface area contributed by atoms with Crippen LogP contribution in [0.5, 0.6) is 5.75 Å². The fourth-order valence-corrected chi connectivity index (χ4v) is 6.22. The third kappa shape index (κ3) is 4.58. The molecule has 2 aromatic heterocycles. The van der Waals surface area contributed by atoms with E-state index in [1.54, 1.807) is 19.3 Å². The first-order valence-corrected chi connectivity index (χ1v) is 13.7. The van der Waals surface area contributed by atoms with Gasteiger partial charge >= 0.3 is 0 Å². The van der Waals surface area contributed by atoms with Crippen LogP contribution < -0.4 is 9.64 Å². The van der Waals surface area contributed by atoms with Crippen molar-refractivity contribution in [3.63, 3.8) is 0 Å². The molecule has 2 aliphatic heterocycles. The Hall–Kier alpha value is -4.41. The topological polar surface area (TPSA) is 93.5 Å². The second-order valence-corrected chi connectivity index (χ2v) is 10.6. The van der Waals surface area contributed by atoms with E-state index < -0.39 is 11.6 Å². The summed E-state index contributed by atoms with van der Waals surface area (Å²) in [6.07, 6.45) is 5.03. The summed E-state index contributed by atoms with van der Waals surface area (Å²) in [7, 11) is 3.10. The summed E-state index contributed by atoms with van der Waals surface area (Å²) < 4.78 is 36.9. The Labute approximate surface area is 235 Å². The molecule has 0 aliphatic carbocycles. The van der Waals surface area contributed by atoms with E-state index in [1.807, 2.05) is 11.8 Å². The van der Waals surface area contributed by atoms with Crippen molar-refractivity contribution < 1.29 is 23.1 Å². The smallest absolute Gasteiger partial charge is 0.222 e. The second-order valence-electron chi connectivity index (χ2n) is 10.6. The highest BCUT2D eigenvalue weighted by atomic mass is 19.1. The maximum absolute atomic E-state index is 15.4. The standard InChI is InChI=1S/C30H30F2N6O3/c1-4-6-26(40)37-15-19-13-18(37)16-38(19)28-17(11-22(32)29-20(28)14-34-36(29)2)12-24(39)23-9-10-33-30(35-23)27-21(31)7-5-8-25(27)41-3/h5,7-11,14,18-19H,4,6,12-13,15-16H2,1-3H3/t18-,19-/m0/s1. The number of carbonyl (C=O) groups excluding carboxylic acids is 2. The van der Waals surface area contributed by atoms with Crippen molar-refractivity contribution in [3.8, 4) is 17.1 Å². The predicted octanol–water partition coefficient (Wildman–Crippen LogP) is 4.33. The number of aromatic nitrogens is 4. The Morgan fingerprint density at radius 1 is 1.12 bits per heavy atom. The number of carbonyl (C=O) groups is 2. The lowest BCUT2D eigenvalue weighted by Gasteiger charge is -2.37. The number of likely N-dealkylation sites (tertiary alicyclic amines) is 1. The summed E-state index contributed by atoms with van der Waals surface area (Å²) in [5.74, 6) is -0.986. The number of halogens is 2. The number of nitrogens with zero attached hydrogens (tertiary/aromatic N) is 6. The molecule has 2 bridgehead atoms. The van der Waals surface area contributed by atoms with Gasteiger partial charge in [-0.15, -0.1) is 0 Å². The van der Waals surface area contributed by atoms with Gasteiger partial charge in [-0.2, -0.15) is 5.10 Å². The first-order valence-electron chi connectivity index (χ1n) is 13.7. The summed E-state index contributed by atoms with van der Waals surface area (Å²) in [5, 5.41) is 4.92. The Bertz CT molecular complexity index is 1670. The molecule has 2 fully saturated rings. The summed E-state index contributed by atoms with van der Waals surface area (Å²) in [5.41, 5.74) is 1.76. The van der Waals surface area contributed by atoms with Crippen molar-refractivity contribution in [1.82, 2.24) is 24.6 Å². The Morgan fingerprint density at radius 2 is 1.95 bits per heavy atom. The molecule has 0 radical (unpaired) electrons. The number of rotatable bonds is 8. The fraction of sp³-hybridized carbons (Fsp3) is 0.367. The molecule has 2 saturated heterocycles. The van der Waals surface area contributed by atoms with Crippen molar-refractivity contribution in [3.05, 3.63) is 65.6 Å². The number of ketones is 1. The first-order chi connectivity index (χ1) is 19.8. The molecule has 2 aromatic carbocycles. The SMILES string of the molecule is CCCC(=O)N1C[C@@H]2C[C@H]1CN2c1c(CC(=O)c2ccnc(-c3c(F)cccc3OC)n2)cc(F)c2c1cnn2C. The Balaban J connectivity index is 1.35. The number of hydrogen-bond donors (Lipinski definition) is 0. The van der Waals surface area contributed by atoms with E-state index in [2.05, 4.69) is 20.0 Å². The van der Waals surface area contributed by atoms with Gasteiger partial charge in [-0.1, -0.05) is 13.0 Å². The van der Waals surface area contributed by atoms with Crippen molar-refractivity contribution in [1.29, 1.82) is 0 Å². The van der Waals surface area contributed by atoms with Crippen LogP contribution in [0.15, 0.2) is 42.7 Å². The van der Waals surface area contributed by atoms with Crippen molar-refractivity contribution in [2.75, 3.05) is 25.1 Å². The van der Waals surface area contributed by atoms with E-state index in [-0.39, 0.29) is 53.0 Å². The van der Waals surface area contributed by atoms with Gasteiger partial charge < -0.3 is 14.5 Å². The number of hydrogen-bond acceptors (Lipinski definition) is 7. The predicted molar refractivity (Wildman–Crippen MR) is 149 cm³/mol. The van der Waals surface area contributed by atoms with E-state index in [4.69, 9.17) is 4.74 Å². The highest BCUT2D eigenvalue weighted by Crippen LogP contribution is 2.41. The highest BCUT2D eigenvalue weighted by molar-refractivity contribution is 6.01. The molecule has 212 valence electrons. The number of anilines is 1. The van der Waals surface area contributed by atoms with E-state index in [0.29, 0.717) is 36.0 Å². The van der Waals surface area contributed by atoms with Gasteiger partial charge in [0, 0.05) is 50.6 Å². The van der Waals surface area contributed by atoms with Crippen molar-refractivity contribution in [2.45, 2.75) is 44.7 Å². The van der Waals surface area contributed by atoms with Gasteiger partial charge in [-0.3, -0.25) is 14.3 Å². The number of amides is 1. The molecular formula is C30H30F2N6O3. The zero-order valence-electron chi connectivity index (χ0n) is 23.1. The number of benzene rings is 2. The van der Waals surface area contributed by atoms with Crippen molar-refractivity contribution >= 4 is 28.3 Å². The molecule has 9 nitrogen and oxygen atoms in total. The molecule has 2 atom stereocenters. The number of piperazine rings is 1. The van der Waals surface area contributed by atoms with Gasteiger partial charge in [-0.25, -0.2) is 18.7 Å². The minimum absolute atomic E-state index is 0.0219. The summed E-state index contributed by atoms with van der Waals surface area (Å²) in [6.45, 7) is 3.18. The number of aryl methyl sites for hydroxylation is 1. The van der Waals surface area contributed by atoms with Crippen LogP contribution in [-0.2, 0) is 18.3 Å². The molecule has 4 aromatic rings. The molecule has 1 amide bonds. The molecule has 0 spiro atoms. The lowest BCUT2D eigenvalue weighted by molar-refractivity contribution is -0.132. The Kier molecular flexibility index (Phi) is 6.88. The molecule has 6 rings (SSSR count). The number of fused-ring (bicyclic) bond motifs is 3.